The van der Waals surface area contributed by atoms with Crippen LogP contribution in [0.2, 0.25) is 0 Å². The van der Waals surface area contributed by atoms with Gasteiger partial charge < -0.3 is 24.4 Å². The Balaban J connectivity index is 1.99. The third-order valence-electron chi connectivity index (χ3n) is 5.68. The van der Waals surface area contributed by atoms with Crippen LogP contribution in [0.25, 0.3) is 0 Å². The van der Waals surface area contributed by atoms with E-state index < -0.39 is 0 Å². The molecule has 162 valence electrons. The maximum absolute atomic E-state index is 14.4. The molecular formula is C23H30FN2O4+. The van der Waals surface area contributed by atoms with Crippen LogP contribution < -0.4 is 19.7 Å². The molecule has 0 saturated heterocycles. The molecule has 0 aromatic heterocycles. The highest BCUT2D eigenvalue weighted by Gasteiger charge is 2.37. The minimum Gasteiger partial charge on any atom is -0.493 e. The fourth-order valence-corrected chi connectivity index (χ4v) is 4.33. The summed E-state index contributed by atoms with van der Waals surface area (Å²) in [7, 11) is 4.72. The number of carbonyl (C=O) groups is 1. The van der Waals surface area contributed by atoms with Crippen LogP contribution in [0.1, 0.15) is 29.7 Å². The average molecular weight is 418 g/mol. The van der Waals surface area contributed by atoms with Gasteiger partial charge in [0.15, 0.2) is 11.5 Å². The number of ether oxygens (including phenoxy) is 3. The first-order chi connectivity index (χ1) is 14.5. The largest absolute Gasteiger partial charge is 0.493 e. The Bertz CT molecular complexity index is 890. The maximum Gasteiger partial charge on any atom is 0.246 e. The lowest BCUT2D eigenvalue weighted by Gasteiger charge is -2.38. The Morgan fingerprint density at radius 1 is 1.20 bits per heavy atom. The Morgan fingerprint density at radius 2 is 1.90 bits per heavy atom. The van der Waals surface area contributed by atoms with Crippen molar-refractivity contribution in [3.8, 4) is 11.5 Å². The van der Waals surface area contributed by atoms with Gasteiger partial charge in [0.1, 0.15) is 25.0 Å². The zero-order chi connectivity index (χ0) is 21.7. The summed E-state index contributed by atoms with van der Waals surface area (Å²) in [5.41, 5.74) is 2.90. The van der Waals surface area contributed by atoms with E-state index in [0.29, 0.717) is 23.6 Å². The molecule has 1 heterocycles. The Kier molecular flexibility index (Phi) is 7.29. The van der Waals surface area contributed by atoms with Crippen LogP contribution in [0.3, 0.4) is 0 Å². The summed E-state index contributed by atoms with van der Waals surface area (Å²) in [4.78, 5) is 13.4. The number of fused-ring (bicyclic) bond motifs is 1. The van der Waals surface area contributed by atoms with E-state index in [1.165, 1.54) is 18.1 Å². The van der Waals surface area contributed by atoms with Crippen molar-refractivity contribution in [3.05, 3.63) is 58.9 Å². The number of rotatable bonds is 8. The smallest absolute Gasteiger partial charge is 0.246 e. The lowest BCUT2D eigenvalue weighted by molar-refractivity contribution is -0.948. The zero-order valence-corrected chi connectivity index (χ0v) is 18.0. The Morgan fingerprint density at radius 3 is 2.57 bits per heavy atom. The van der Waals surface area contributed by atoms with Crippen LogP contribution in [0.15, 0.2) is 36.4 Å². The molecule has 30 heavy (non-hydrogen) atoms. The van der Waals surface area contributed by atoms with Crippen molar-refractivity contribution in [3.63, 3.8) is 0 Å². The number of hydrogen-bond donors (Lipinski definition) is 2. The van der Waals surface area contributed by atoms with Crippen LogP contribution >= 0.6 is 0 Å². The van der Waals surface area contributed by atoms with Crippen molar-refractivity contribution < 1.29 is 28.3 Å². The monoisotopic (exact) mass is 417 g/mol. The first-order valence-electron chi connectivity index (χ1n) is 10.1. The Hall–Kier alpha value is -2.64. The first-order valence-corrected chi connectivity index (χ1v) is 10.1. The normalized spacial score (nSPS) is 19.0. The van der Waals surface area contributed by atoms with Gasteiger partial charge in [-0.3, -0.25) is 4.79 Å². The van der Waals surface area contributed by atoms with Gasteiger partial charge in [-0.15, -0.1) is 0 Å². The standard InChI is InChI=1S/C23H29FN2O4/c1-15(25-22(27)14-28-2)23-18-12-21(30-4)20(29-3)11-16(18)9-10-26(23)13-17-7-5-6-8-19(17)24/h5-8,11-12,15,23H,9-10,13-14H2,1-4H3,(H,25,27)/p+1/t15-,23+/m1/s1. The summed E-state index contributed by atoms with van der Waals surface area (Å²) in [6.07, 6.45) is 0.828. The second kappa shape index (κ2) is 9.91. The van der Waals surface area contributed by atoms with Crippen LogP contribution in [-0.4, -0.2) is 46.4 Å². The van der Waals surface area contributed by atoms with Gasteiger partial charge in [0.25, 0.3) is 0 Å². The molecule has 0 saturated carbocycles. The van der Waals surface area contributed by atoms with Gasteiger partial charge in [-0.05, 0) is 30.7 Å². The minimum atomic E-state index is -0.210. The topological polar surface area (TPSA) is 61.2 Å². The van der Waals surface area contributed by atoms with Gasteiger partial charge in [-0.1, -0.05) is 18.2 Å². The summed E-state index contributed by atoms with van der Waals surface area (Å²) >= 11 is 0. The first kappa shape index (κ1) is 22.1. The number of halogens is 1. The van der Waals surface area contributed by atoms with Gasteiger partial charge in [0, 0.05) is 24.7 Å². The van der Waals surface area contributed by atoms with Gasteiger partial charge in [0.2, 0.25) is 5.91 Å². The quantitative estimate of drug-likeness (QED) is 0.686. The average Bonchev–Trinajstić information content (AvgIpc) is 2.74. The highest BCUT2D eigenvalue weighted by molar-refractivity contribution is 5.77. The molecule has 0 bridgehead atoms. The van der Waals surface area contributed by atoms with E-state index in [0.717, 1.165) is 24.1 Å². The molecule has 6 nitrogen and oxygen atoms in total. The molecule has 7 heteroatoms. The molecule has 1 amide bonds. The number of hydrogen-bond acceptors (Lipinski definition) is 4. The Labute approximate surface area is 176 Å². The predicted octanol–water partition coefficient (Wildman–Crippen LogP) is 1.68. The minimum absolute atomic E-state index is 0.00149. The molecule has 0 spiro atoms. The highest BCUT2D eigenvalue weighted by atomic mass is 19.1. The number of benzene rings is 2. The zero-order valence-electron chi connectivity index (χ0n) is 18.0. The molecule has 2 N–H and O–H groups in total. The number of quaternary nitrogens is 1. The van der Waals surface area contributed by atoms with Crippen molar-refractivity contribution in [1.82, 2.24) is 5.32 Å². The molecule has 0 aliphatic carbocycles. The fraction of sp³-hybridized carbons (Fsp3) is 0.435. The molecule has 0 radical (unpaired) electrons. The number of amides is 1. The summed E-state index contributed by atoms with van der Waals surface area (Å²) < 4.78 is 30.3. The third-order valence-corrected chi connectivity index (χ3v) is 5.68. The molecule has 3 atom stereocenters. The van der Waals surface area contributed by atoms with Crippen LogP contribution in [0, 0.1) is 5.82 Å². The van der Waals surface area contributed by atoms with Crippen LogP contribution in [0.4, 0.5) is 4.39 Å². The van der Waals surface area contributed by atoms with Crippen molar-refractivity contribution >= 4 is 5.91 Å². The van der Waals surface area contributed by atoms with Crippen LogP contribution in [-0.2, 0) is 22.5 Å². The number of methoxy groups -OCH3 is 3. The van der Waals surface area contributed by atoms with E-state index in [-0.39, 0.29) is 30.4 Å². The van der Waals surface area contributed by atoms with E-state index in [2.05, 4.69) is 5.32 Å². The molecular weight excluding hydrogens is 387 g/mol. The molecule has 1 aliphatic heterocycles. The third kappa shape index (κ3) is 4.74. The van der Waals surface area contributed by atoms with Gasteiger partial charge >= 0.3 is 0 Å². The SMILES string of the molecule is COCC(=O)N[C@H](C)[C@H]1c2cc(OC)c(OC)cc2CC[NH+]1Cc1ccccc1F. The lowest BCUT2D eigenvalue weighted by Crippen LogP contribution is -3.13. The van der Waals surface area contributed by atoms with Gasteiger partial charge in [-0.2, -0.15) is 0 Å². The molecule has 3 rings (SSSR count). The predicted molar refractivity (Wildman–Crippen MR) is 111 cm³/mol. The number of nitrogens with one attached hydrogen (secondary N) is 2. The van der Waals surface area contributed by atoms with Crippen molar-refractivity contribution in [2.45, 2.75) is 32.0 Å². The van der Waals surface area contributed by atoms with Gasteiger partial charge in [-0.25, -0.2) is 4.39 Å². The van der Waals surface area contributed by atoms with E-state index in [1.807, 2.05) is 31.2 Å². The summed E-state index contributed by atoms with van der Waals surface area (Å²) in [5.74, 6) is 0.938. The molecule has 2 aromatic carbocycles. The molecule has 1 aliphatic rings. The summed E-state index contributed by atoms with van der Waals surface area (Å²) in [5, 5.41) is 3.04. The lowest BCUT2D eigenvalue weighted by atomic mass is 9.87. The highest BCUT2D eigenvalue weighted by Crippen LogP contribution is 2.35. The van der Waals surface area contributed by atoms with Crippen LogP contribution in [0.5, 0.6) is 11.5 Å². The second-order valence-electron chi connectivity index (χ2n) is 7.60. The molecule has 1 unspecified atom stereocenters. The fourth-order valence-electron chi connectivity index (χ4n) is 4.33. The van der Waals surface area contributed by atoms with E-state index in [4.69, 9.17) is 14.2 Å². The van der Waals surface area contributed by atoms with E-state index >= 15 is 0 Å². The van der Waals surface area contributed by atoms with Gasteiger partial charge in [0.05, 0.1) is 26.8 Å². The maximum atomic E-state index is 14.4. The molecule has 2 aromatic rings. The summed E-state index contributed by atoms with van der Waals surface area (Å²) in [6, 6.07) is 10.6. The van der Waals surface area contributed by atoms with Crippen molar-refractivity contribution in [1.29, 1.82) is 0 Å². The number of carbonyl (C=O) groups excluding carboxylic acids is 1. The van der Waals surface area contributed by atoms with E-state index in [1.54, 1.807) is 20.3 Å². The van der Waals surface area contributed by atoms with E-state index in [9.17, 15) is 9.18 Å². The van der Waals surface area contributed by atoms with Crippen molar-refractivity contribution in [2.75, 3.05) is 34.5 Å². The molecule has 0 fully saturated rings. The summed E-state index contributed by atoms with van der Waals surface area (Å²) in [6.45, 7) is 3.31. The van der Waals surface area contributed by atoms with Crippen molar-refractivity contribution in [2.24, 2.45) is 0 Å². The second-order valence-corrected chi connectivity index (χ2v) is 7.60.